The van der Waals surface area contributed by atoms with Crippen LogP contribution in [0.3, 0.4) is 0 Å². The number of benzene rings is 1. The second-order valence-corrected chi connectivity index (χ2v) is 6.17. The zero-order valence-electron chi connectivity index (χ0n) is 12.7. The molecule has 6 nitrogen and oxygen atoms in total. The van der Waals surface area contributed by atoms with Crippen LogP contribution in [0.25, 0.3) is 5.69 Å². The summed E-state index contributed by atoms with van der Waals surface area (Å²) in [7, 11) is 3.90. The molecular formula is C15H20BrN5O. The fourth-order valence-electron chi connectivity index (χ4n) is 1.92. The van der Waals surface area contributed by atoms with Gasteiger partial charge in [0, 0.05) is 4.47 Å². The van der Waals surface area contributed by atoms with Crippen molar-refractivity contribution in [3.63, 3.8) is 0 Å². The molecule has 22 heavy (non-hydrogen) atoms. The number of amides is 1. The Hall–Kier alpha value is -1.70. The number of nitrogens with one attached hydrogen (secondary N) is 1. The summed E-state index contributed by atoms with van der Waals surface area (Å²) in [6.07, 6.45) is 3.98. The molecule has 2 rings (SSSR count). The van der Waals surface area contributed by atoms with Crippen LogP contribution in [0.4, 0.5) is 5.69 Å². The second-order valence-electron chi connectivity index (χ2n) is 5.31. The van der Waals surface area contributed by atoms with Gasteiger partial charge in [-0.2, -0.15) is 5.10 Å². The van der Waals surface area contributed by atoms with Crippen molar-refractivity contribution in [2.45, 2.75) is 12.5 Å². The van der Waals surface area contributed by atoms with Gasteiger partial charge in [-0.3, -0.25) is 4.79 Å². The average molecular weight is 366 g/mol. The minimum atomic E-state index is -0.533. The summed E-state index contributed by atoms with van der Waals surface area (Å²) in [5.74, 6) is -0.200. The van der Waals surface area contributed by atoms with Gasteiger partial charge in [-0.25, -0.2) is 4.68 Å². The summed E-state index contributed by atoms with van der Waals surface area (Å²) in [5.41, 5.74) is 7.41. The Labute approximate surface area is 138 Å². The van der Waals surface area contributed by atoms with Gasteiger partial charge < -0.3 is 16.0 Å². The normalized spacial score (nSPS) is 12.4. The van der Waals surface area contributed by atoms with E-state index in [1.54, 1.807) is 17.1 Å². The predicted octanol–water partition coefficient (Wildman–Crippen LogP) is 1.85. The van der Waals surface area contributed by atoms with Gasteiger partial charge in [0.25, 0.3) is 0 Å². The molecule has 0 radical (unpaired) electrons. The Kier molecular flexibility index (Phi) is 5.70. The molecule has 1 amide bonds. The molecule has 0 bridgehead atoms. The molecule has 1 unspecified atom stereocenters. The maximum Gasteiger partial charge on any atom is 0.241 e. The fraction of sp³-hybridized carbons (Fsp3) is 0.333. The topological polar surface area (TPSA) is 76.2 Å². The number of carbonyl (C=O) groups excluding carboxylic acids is 1. The maximum absolute atomic E-state index is 12.0. The van der Waals surface area contributed by atoms with Crippen LogP contribution in [0.2, 0.25) is 0 Å². The molecule has 118 valence electrons. The van der Waals surface area contributed by atoms with Crippen LogP contribution in [0, 0.1) is 0 Å². The van der Waals surface area contributed by atoms with Gasteiger partial charge in [-0.15, -0.1) is 0 Å². The molecule has 0 saturated heterocycles. The van der Waals surface area contributed by atoms with Crippen molar-refractivity contribution >= 4 is 27.5 Å². The highest BCUT2D eigenvalue weighted by molar-refractivity contribution is 9.10. The van der Waals surface area contributed by atoms with Gasteiger partial charge in [-0.1, -0.05) is 12.1 Å². The number of rotatable bonds is 6. The van der Waals surface area contributed by atoms with E-state index in [-0.39, 0.29) is 5.91 Å². The van der Waals surface area contributed by atoms with E-state index in [1.807, 2.05) is 43.3 Å². The predicted molar refractivity (Wildman–Crippen MR) is 91.0 cm³/mol. The molecule has 3 N–H and O–H groups in total. The van der Waals surface area contributed by atoms with Crippen molar-refractivity contribution in [3.8, 4) is 5.69 Å². The van der Waals surface area contributed by atoms with Gasteiger partial charge >= 0.3 is 0 Å². The Bertz CT molecular complexity index is 640. The van der Waals surface area contributed by atoms with Crippen LogP contribution in [0.15, 0.2) is 41.1 Å². The summed E-state index contributed by atoms with van der Waals surface area (Å²) in [4.78, 5) is 14.0. The minimum Gasteiger partial charge on any atom is -0.322 e. The lowest BCUT2D eigenvalue weighted by Crippen LogP contribution is -2.37. The smallest absolute Gasteiger partial charge is 0.241 e. The zero-order valence-corrected chi connectivity index (χ0v) is 14.2. The Morgan fingerprint density at radius 3 is 2.86 bits per heavy atom. The molecule has 1 heterocycles. The van der Waals surface area contributed by atoms with Crippen molar-refractivity contribution in [3.05, 3.63) is 41.1 Å². The van der Waals surface area contributed by atoms with Gasteiger partial charge in [0.15, 0.2) is 0 Å². The number of para-hydroxylation sites is 1. The molecule has 0 aliphatic rings. The lowest BCUT2D eigenvalue weighted by Gasteiger charge is -2.14. The minimum absolute atomic E-state index is 0.200. The zero-order chi connectivity index (χ0) is 16.1. The number of nitrogens with two attached hydrogens (primary N) is 1. The first-order valence-corrected chi connectivity index (χ1v) is 7.77. The summed E-state index contributed by atoms with van der Waals surface area (Å²) in [6, 6.07) is 7.20. The standard InChI is InChI=1S/C15H20BrN5O/c1-20(2)8-7-13(17)15(22)19-11-9-18-21(10-11)14-6-4-3-5-12(14)16/h3-6,9-10,13H,7-8,17H2,1-2H3,(H,19,22). The van der Waals surface area contributed by atoms with Crippen LogP contribution in [-0.4, -0.2) is 47.3 Å². The monoisotopic (exact) mass is 365 g/mol. The number of carbonyl (C=O) groups is 1. The van der Waals surface area contributed by atoms with Crippen LogP contribution >= 0.6 is 15.9 Å². The number of hydrogen-bond donors (Lipinski definition) is 2. The average Bonchev–Trinajstić information content (AvgIpc) is 2.93. The lowest BCUT2D eigenvalue weighted by molar-refractivity contribution is -0.117. The van der Waals surface area contributed by atoms with Gasteiger partial charge in [-0.05, 0) is 55.1 Å². The van der Waals surface area contributed by atoms with E-state index >= 15 is 0 Å². The third-order valence-corrected chi connectivity index (χ3v) is 3.84. The van der Waals surface area contributed by atoms with Gasteiger partial charge in [0.05, 0.1) is 29.8 Å². The number of anilines is 1. The third-order valence-electron chi connectivity index (χ3n) is 3.17. The van der Waals surface area contributed by atoms with E-state index in [0.717, 1.165) is 16.7 Å². The van der Waals surface area contributed by atoms with E-state index in [0.29, 0.717) is 12.1 Å². The summed E-state index contributed by atoms with van der Waals surface area (Å²) >= 11 is 3.48. The highest BCUT2D eigenvalue weighted by Crippen LogP contribution is 2.21. The fourth-order valence-corrected chi connectivity index (χ4v) is 2.39. The molecule has 1 atom stereocenters. The lowest BCUT2D eigenvalue weighted by atomic mass is 10.2. The highest BCUT2D eigenvalue weighted by Gasteiger charge is 2.14. The highest BCUT2D eigenvalue weighted by atomic mass is 79.9. The molecule has 0 aliphatic carbocycles. The third kappa shape index (κ3) is 4.40. The van der Waals surface area contributed by atoms with Crippen molar-refractivity contribution in [2.75, 3.05) is 26.0 Å². The van der Waals surface area contributed by atoms with Crippen LogP contribution in [-0.2, 0) is 4.79 Å². The van der Waals surface area contributed by atoms with E-state index in [4.69, 9.17) is 5.73 Å². The van der Waals surface area contributed by atoms with Gasteiger partial charge in [0.2, 0.25) is 5.91 Å². The Balaban J connectivity index is 2.00. The van der Waals surface area contributed by atoms with E-state index in [2.05, 4.69) is 26.3 Å². The van der Waals surface area contributed by atoms with Crippen molar-refractivity contribution in [1.29, 1.82) is 0 Å². The number of aromatic nitrogens is 2. The quantitative estimate of drug-likeness (QED) is 0.818. The maximum atomic E-state index is 12.0. The first-order chi connectivity index (χ1) is 10.5. The molecule has 0 saturated carbocycles. The summed E-state index contributed by atoms with van der Waals surface area (Å²) < 4.78 is 2.63. The molecule has 0 fully saturated rings. The van der Waals surface area contributed by atoms with E-state index in [9.17, 15) is 4.79 Å². The van der Waals surface area contributed by atoms with Gasteiger partial charge in [0.1, 0.15) is 0 Å². The number of hydrogen-bond acceptors (Lipinski definition) is 4. The number of nitrogens with zero attached hydrogens (tertiary/aromatic N) is 3. The molecule has 1 aromatic heterocycles. The van der Waals surface area contributed by atoms with Crippen LogP contribution < -0.4 is 11.1 Å². The van der Waals surface area contributed by atoms with E-state index in [1.165, 1.54) is 0 Å². The van der Waals surface area contributed by atoms with Crippen molar-refractivity contribution in [2.24, 2.45) is 5.73 Å². The molecule has 2 aromatic rings. The number of halogens is 1. The molecule has 0 aliphatic heterocycles. The Morgan fingerprint density at radius 1 is 1.45 bits per heavy atom. The summed E-state index contributed by atoms with van der Waals surface area (Å²) in [5, 5.41) is 7.05. The molecule has 7 heteroatoms. The Morgan fingerprint density at radius 2 is 2.18 bits per heavy atom. The first-order valence-electron chi connectivity index (χ1n) is 6.98. The van der Waals surface area contributed by atoms with Crippen molar-refractivity contribution in [1.82, 2.24) is 14.7 Å². The van der Waals surface area contributed by atoms with E-state index < -0.39 is 6.04 Å². The van der Waals surface area contributed by atoms with Crippen LogP contribution in [0.1, 0.15) is 6.42 Å². The largest absolute Gasteiger partial charge is 0.322 e. The first kappa shape index (κ1) is 16.7. The SMILES string of the molecule is CN(C)CCC(N)C(=O)Nc1cnn(-c2ccccc2Br)c1. The molecule has 1 aromatic carbocycles. The molecule has 0 spiro atoms. The summed E-state index contributed by atoms with van der Waals surface area (Å²) in [6.45, 7) is 0.769. The van der Waals surface area contributed by atoms with Crippen molar-refractivity contribution < 1.29 is 4.79 Å². The second kappa shape index (κ2) is 7.53. The van der Waals surface area contributed by atoms with Crippen LogP contribution in [0.5, 0.6) is 0 Å². The molecular weight excluding hydrogens is 346 g/mol.